The number of halogens is 1. The molecule has 0 radical (unpaired) electrons. The first kappa shape index (κ1) is 13.6. The van der Waals surface area contributed by atoms with E-state index in [2.05, 4.69) is 53.5 Å². The Morgan fingerprint density at radius 1 is 1.29 bits per heavy atom. The van der Waals surface area contributed by atoms with Crippen molar-refractivity contribution < 1.29 is 0 Å². The van der Waals surface area contributed by atoms with Crippen LogP contribution >= 0.6 is 27.3 Å². The lowest BCUT2D eigenvalue weighted by Crippen LogP contribution is -2.37. The van der Waals surface area contributed by atoms with Crippen LogP contribution in [0.1, 0.15) is 51.0 Å². The third-order valence-corrected chi connectivity index (χ3v) is 5.76. The summed E-state index contributed by atoms with van der Waals surface area (Å²) in [5, 5.41) is 5.96. The molecule has 1 saturated carbocycles. The standard InChI is InChI=1S/C14H22BrNS/c1-9-6-10(2)8-12(7-9)16-11(3)14-13(15)4-5-17-14/h4-5,9-12,16H,6-8H2,1-3H3. The summed E-state index contributed by atoms with van der Waals surface area (Å²) < 4.78 is 1.25. The van der Waals surface area contributed by atoms with Gasteiger partial charge in [0.2, 0.25) is 0 Å². The highest BCUT2D eigenvalue weighted by molar-refractivity contribution is 9.10. The van der Waals surface area contributed by atoms with Gasteiger partial charge in [0.1, 0.15) is 0 Å². The molecule has 2 rings (SSSR count). The molecule has 0 spiro atoms. The zero-order chi connectivity index (χ0) is 12.4. The van der Waals surface area contributed by atoms with E-state index < -0.39 is 0 Å². The second kappa shape index (κ2) is 5.85. The van der Waals surface area contributed by atoms with Crippen molar-refractivity contribution in [3.8, 4) is 0 Å². The Balaban J connectivity index is 1.94. The predicted molar refractivity (Wildman–Crippen MR) is 79.5 cm³/mol. The van der Waals surface area contributed by atoms with E-state index in [-0.39, 0.29) is 0 Å². The summed E-state index contributed by atoms with van der Waals surface area (Å²) in [7, 11) is 0. The minimum absolute atomic E-state index is 0.465. The van der Waals surface area contributed by atoms with Crippen LogP contribution in [0, 0.1) is 11.8 Å². The SMILES string of the molecule is CC1CC(C)CC(NC(C)c2sccc2Br)C1. The van der Waals surface area contributed by atoms with Gasteiger partial charge >= 0.3 is 0 Å². The lowest BCUT2D eigenvalue weighted by molar-refractivity contribution is 0.229. The van der Waals surface area contributed by atoms with Crippen LogP contribution in [0.4, 0.5) is 0 Å². The molecule has 1 aliphatic carbocycles. The molecule has 1 fully saturated rings. The van der Waals surface area contributed by atoms with Gasteiger partial charge in [-0.3, -0.25) is 0 Å². The van der Waals surface area contributed by atoms with Crippen molar-refractivity contribution >= 4 is 27.3 Å². The molecule has 3 heteroatoms. The Hall–Kier alpha value is 0.140. The zero-order valence-electron chi connectivity index (χ0n) is 10.9. The summed E-state index contributed by atoms with van der Waals surface area (Å²) in [6, 6.07) is 3.30. The van der Waals surface area contributed by atoms with Crippen LogP contribution in [0.15, 0.2) is 15.9 Å². The Bertz CT molecular complexity index is 353. The topological polar surface area (TPSA) is 12.0 Å². The molecule has 0 aromatic carbocycles. The molecule has 1 N–H and O–H groups in total. The largest absolute Gasteiger partial charge is 0.307 e. The van der Waals surface area contributed by atoms with Gasteiger partial charge in [-0.1, -0.05) is 13.8 Å². The molecule has 1 nitrogen and oxygen atoms in total. The maximum Gasteiger partial charge on any atom is 0.0399 e. The summed E-state index contributed by atoms with van der Waals surface area (Å²) in [5.74, 6) is 1.74. The highest BCUT2D eigenvalue weighted by Crippen LogP contribution is 2.33. The van der Waals surface area contributed by atoms with Crippen LogP contribution in [0.3, 0.4) is 0 Å². The van der Waals surface area contributed by atoms with Crippen LogP contribution in [0.5, 0.6) is 0 Å². The van der Waals surface area contributed by atoms with Crippen molar-refractivity contribution in [2.45, 2.75) is 52.1 Å². The number of thiophene rings is 1. The Morgan fingerprint density at radius 2 is 1.94 bits per heavy atom. The first-order valence-electron chi connectivity index (χ1n) is 6.55. The Morgan fingerprint density at radius 3 is 2.47 bits per heavy atom. The second-order valence-corrected chi connectivity index (χ2v) is 7.44. The molecule has 1 heterocycles. The molecule has 0 amide bonds. The summed E-state index contributed by atoms with van der Waals surface area (Å²) in [5.41, 5.74) is 0. The number of hydrogen-bond donors (Lipinski definition) is 1. The average Bonchev–Trinajstić information content (AvgIpc) is 2.62. The van der Waals surface area contributed by atoms with Crippen molar-refractivity contribution in [1.82, 2.24) is 5.32 Å². The van der Waals surface area contributed by atoms with Gasteiger partial charge in [0, 0.05) is 21.4 Å². The molecular formula is C14H22BrNS. The number of rotatable bonds is 3. The number of nitrogens with one attached hydrogen (secondary N) is 1. The smallest absolute Gasteiger partial charge is 0.0399 e. The molecule has 0 bridgehead atoms. The lowest BCUT2D eigenvalue weighted by atomic mass is 9.80. The Labute approximate surface area is 117 Å². The van der Waals surface area contributed by atoms with E-state index in [4.69, 9.17) is 0 Å². The maximum absolute atomic E-state index is 3.80. The molecule has 17 heavy (non-hydrogen) atoms. The van der Waals surface area contributed by atoms with Gasteiger partial charge in [-0.25, -0.2) is 0 Å². The monoisotopic (exact) mass is 315 g/mol. The zero-order valence-corrected chi connectivity index (χ0v) is 13.3. The van der Waals surface area contributed by atoms with Crippen molar-refractivity contribution in [1.29, 1.82) is 0 Å². The van der Waals surface area contributed by atoms with Gasteiger partial charge in [0.05, 0.1) is 0 Å². The van der Waals surface area contributed by atoms with Gasteiger partial charge in [-0.2, -0.15) is 0 Å². The molecule has 96 valence electrons. The van der Waals surface area contributed by atoms with Gasteiger partial charge in [-0.15, -0.1) is 11.3 Å². The summed E-state index contributed by atoms with van der Waals surface area (Å²) >= 11 is 5.46. The van der Waals surface area contributed by atoms with Crippen LogP contribution in [-0.4, -0.2) is 6.04 Å². The van der Waals surface area contributed by atoms with Crippen molar-refractivity contribution in [3.05, 3.63) is 20.8 Å². The van der Waals surface area contributed by atoms with Gasteiger partial charge in [-0.05, 0) is 65.4 Å². The fourth-order valence-electron chi connectivity index (χ4n) is 3.13. The molecule has 3 unspecified atom stereocenters. The maximum atomic E-state index is 3.80. The highest BCUT2D eigenvalue weighted by Gasteiger charge is 2.25. The Kier molecular flexibility index (Phi) is 4.67. The predicted octanol–water partition coefficient (Wildman–Crippen LogP) is 4.99. The summed E-state index contributed by atoms with van der Waals surface area (Å²) in [6.07, 6.45) is 4.06. The van der Waals surface area contributed by atoms with Gasteiger partial charge in [0.25, 0.3) is 0 Å². The summed E-state index contributed by atoms with van der Waals surface area (Å²) in [6.45, 7) is 7.05. The van der Waals surface area contributed by atoms with Crippen LogP contribution in [0.25, 0.3) is 0 Å². The van der Waals surface area contributed by atoms with E-state index in [0.29, 0.717) is 12.1 Å². The number of hydrogen-bond acceptors (Lipinski definition) is 2. The highest BCUT2D eigenvalue weighted by atomic mass is 79.9. The van der Waals surface area contributed by atoms with Gasteiger partial charge in [0.15, 0.2) is 0 Å². The third-order valence-electron chi connectivity index (χ3n) is 3.70. The second-order valence-electron chi connectivity index (χ2n) is 5.64. The quantitative estimate of drug-likeness (QED) is 0.829. The molecule has 0 aliphatic heterocycles. The van der Waals surface area contributed by atoms with Crippen molar-refractivity contribution in [2.75, 3.05) is 0 Å². The van der Waals surface area contributed by atoms with E-state index in [1.54, 1.807) is 0 Å². The van der Waals surface area contributed by atoms with Crippen LogP contribution in [0.2, 0.25) is 0 Å². The molecule has 1 aliphatic rings. The first-order chi connectivity index (χ1) is 8.06. The van der Waals surface area contributed by atoms with Gasteiger partial charge < -0.3 is 5.32 Å². The van der Waals surface area contributed by atoms with E-state index in [1.807, 2.05) is 11.3 Å². The van der Waals surface area contributed by atoms with Crippen LogP contribution < -0.4 is 5.32 Å². The average molecular weight is 316 g/mol. The van der Waals surface area contributed by atoms with Crippen molar-refractivity contribution in [3.63, 3.8) is 0 Å². The summed E-state index contributed by atoms with van der Waals surface area (Å²) in [4.78, 5) is 1.43. The van der Waals surface area contributed by atoms with Crippen molar-refractivity contribution in [2.24, 2.45) is 11.8 Å². The van der Waals surface area contributed by atoms with E-state index in [0.717, 1.165) is 11.8 Å². The van der Waals surface area contributed by atoms with E-state index in [1.165, 1.54) is 28.6 Å². The van der Waals surface area contributed by atoms with E-state index in [9.17, 15) is 0 Å². The molecule has 1 aromatic rings. The minimum atomic E-state index is 0.465. The van der Waals surface area contributed by atoms with Crippen LogP contribution in [-0.2, 0) is 0 Å². The minimum Gasteiger partial charge on any atom is -0.307 e. The first-order valence-corrected chi connectivity index (χ1v) is 8.22. The lowest BCUT2D eigenvalue weighted by Gasteiger charge is -2.33. The fraction of sp³-hybridized carbons (Fsp3) is 0.714. The molecule has 1 aromatic heterocycles. The third kappa shape index (κ3) is 3.55. The van der Waals surface area contributed by atoms with E-state index >= 15 is 0 Å². The normalized spacial score (nSPS) is 31.4. The molecule has 3 atom stereocenters. The molecular weight excluding hydrogens is 294 g/mol. The molecule has 0 saturated heterocycles. The fourth-order valence-corrected chi connectivity index (χ4v) is 4.86.